The molecule has 0 aliphatic heterocycles. The Kier molecular flexibility index (Phi) is 4.55. The molecular weight excluding hydrogens is 353 g/mol. The summed E-state index contributed by atoms with van der Waals surface area (Å²) in [5.74, 6) is 1.53. The number of aryl methyl sites for hydroxylation is 2. The molecule has 4 aromatic rings. The van der Waals surface area contributed by atoms with Gasteiger partial charge >= 0.3 is 0 Å². The quantitative estimate of drug-likeness (QED) is 0.501. The number of rotatable bonds is 4. The minimum Gasteiger partial charge on any atom is -0.348 e. The van der Waals surface area contributed by atoms with Gasteiger partial charge in [0, 0.05) is 28.9 Å². The molecule has 0 saturated heterocycles. The highest BCUT2D eigenvalue weighted by Crippen LogP contribution is 2.34. The molecule has 0 bridgehead atoms. The molecule has 0 fully saturated rings. The van der Waals surface area contributed by atoms with E-state index in [1.165, 1.54) is 6.07 Å². The Hall–Kier alpha value is -3.28. The van der Waals surface area contributed by atoms with E-state index in [9.17, 15) is 4.39 Å². The first-order valence-corrected chi connectivity index (χ1v) is 9.28. The number of imidazole rings is 2. The van der Waals surface area contributed by atoms with E-state index < -0.39 is 0 Å². The minimum atomic E-state index is -0.315. The van der Waals surface area contributed by atoms with Crippen molar-refractivity contribution in [3.8, 4) is 33.9 Å². The van der Waals surface area contributed by atoms with Gasteiger partial charge in [-0.3, -0.25) is 4.98 Å². The topological polar surface area (TPSA) is 70.2 Å². The molecule has 0 amide bonds. The predicted molar refractivity (Wildman–Crippen MR) is 108 cm³/mol. The molecule has 4 rings (SSSR count). The molecular formula is C22H22FN5. The number of H-pyrrole nitrogens is 2. The largest absolute Gasteiger partial charge is 0.348 e. The highest BCUT2D eigenvalue weighted by Gasteiger charge is 2.19. The molecule has 0 unspecified atom stereocenters. The highest BCUT2D eigenvalue weighted by molar-refractivity contribution is 5.79. The zero-order chi connectivity index (χ0) is 19.8. The Morgan fingerprint density at radius 3 is 2.46 bits per heavy atom. The van der Waals surface area contributed by atoms with Gasteiger partial charge in [-0.05, 0) is 44.2 Å². The van der Waals surface area contributed by atoms with Crippen LogP contribution >= 0.6 is 0 Å². The van der Waals surface area contributed by atoms with Gasteiger partial charge in [-0.2, -0.15) is 0 Å². The van der Waals surface area contributed by atoms with Crippen LogP contribution in [-0.4, -0.2) is 24.9 Å². The van der Waals surface area contributed by atoms with Crippen molar-refractivity contribution in [2.24, 2.45) is 0 Å². The lowest BCUT2D eigenvalue weighted by Crippen LogP contribution is -1.91. The second kappa shape index (κ2) is 7.03. The summed E-state index contributed by atoms with van der Waals surface area (Å²) in [7, 11) is 0. The summed E-state index contributed by atoms with van der Waals surface area (Å²) in [5.41, 5.74) is 5.18. The van der Waals surface area contributed by atoms with Gasteiger partial charge in [0.2, 0.25) is 0 Å². The van der Waals surface area contributed by atoms with Crippen molar-refractivity contribution in [3.05, 3.63) is 65.8 Å². The average Bonchev–Trinajstić information content (AvgIpc) is 3.29. The Balaban J connectivity index is 1.89. The van der Waals surface area contributed by atoms with Crippen LogP contribution < -0.4 is 0 Å². The first-order chi connectivity index (χ1) is 13.4. The van der Waals surface area contributed by atoms with Gasteiger partial charge < -0.3 is 9.97 Å². The van der Waals surface area contributed by atoms with Crippen molar-refractivity contribution in [3.63, 3.8) is 0 Å². The highest BCUT2D eigenvalue weighted by atomic mass is 19.1. The summed E-state index contributed by atoms with van der Waals surface area (Å²) < 4.78 is 14.5. The molecule has 0 aliphatic carbocycles. The van der Waals surface area contributed by atoms with Crippen LogP contribution in [0.3, 0.4) is 0 Å². The van der Waals surface area contributed by atoms with E-state index in [0.29, 0.717) is 11.3 Å². The Morgan fingerprint density at radius 2 is 1.79 bits per heavy atom. The monoisotopic (exact) mass is 375 g/mol. The summed E-state index contributed by atoms with van der Waals surface area (Å²) in [5, 5.41) is 0. The van der Waals surface area contributed by atoms with Gasteiger partial charge in [0.1, 0.15) is 17.5 Å². The molecule has 2 N–H and O–H groups in total. The van der Waals surface area contributed by atoms with E-state index in [2.05, 4.69) is 33.8 Å². The number of aromatic amines is 2. The zero-order valence-corrected chi connectivity index (χ0v) is 16.3. The van der Waals surface area contributed by atoms with Gasteiger partial charge in [0.05, 0.1) is 22.8 Å². The van der Waals surface area contributed by atoms with Gasteiger partial charge in [-0.1, -0.05) is 19.9 Å². The summed E-state index contributed by atoms with van der Waals surface area (Å²) in [6, 6.07) is 10.9. The minimum absolute atomic E-state index is 0.228. The number of halogens is 1. The number of nitrogens with zero attached hydrogens (tertiary/aromatic N) is 3. The van der Waals surface area contributed by atoms with Gasteiger partial charge in [0.25, 0.3) is 0 Å². The molecule has 142 valence electrons. The molecule has 3 heterocycles. The fourth-order valence-electron chi connectivity index (χ4n) is 3.17. The van der Waals surface area contributed by atoms with Crippen LogP contribution in [-0.2, 0) is 0 Å². The number of aromatic nitrogens is 5. The fraction of sp³-hybridized carbons (Fsp3) is 0.227. The second-order valence-electron chi connectivity index (χ2n) is 7.23. The number of hydrogen-bond donors (Lipinski definition) is 2. The molecule has 3 aromatic heterocycles. The maximum atomic E-state index is 14.5. The lowest BCUT2D eigenvalue weighted by Gasteiger charge is -2.06. The van der Waals surface area contributed by atoms with E-state index in [4.69, 9.17) is 4.98 Å². The van der Waals surface area contributed by atoms with Crippen molar-refractivity contribution < 1.29 is 4.39 Å². The van der Waals surface area contributed by atoms with Gasteiger partial charge in [0.15, 0.2) is 0 Å². The van der Waals surface area contributed by atoms with Crippen molar-refractivity contribution in [2.75, 3.05) is 0 Å². The number of pyridine rings is 1. The molecule has 0 radical (unpaired) electrons. The first kappa shape index (κ1) is 18.1. The summed E-state index contributed by atoms with van der Waals surface area (Å²) >= 11 is 0. The second-order valence-corrected chi connectivity index (χ2v) is 7.23. The average molecular weight is 375 g/mol. The van der Waals surface area contributed by atoms with Gasteiger partial charge in [-0.25, -0.2) is 14.4 Å². The smallest absolute Gasteiger partial charge is 0.132 e. The molecule has 0 aliphatic rings. The molecule has 0 spiro atoms. The summed E-state index contributed by atoms with van der Waals surface area (Å²) in [6.07, 6.45) is 1.71. The van der Waals surface area contributed by atoms with E-state index >= 15 is 0 Å². The zero-order valence-electron chi connectivity index (χ0n) is 16.3. The van der Waals surface area contributed by atoms with Crippen LogP contribution in [0, 0.1) is 19.7 Å². The van der Waals surface area contributed by atoms with Crippen LogP contribution in [0.5, 0.6) is 0 Å². The number of hydrogen-bond acceptors (Lipinski definition) is 3. The summed E-state index contributed by atoms with van der Waals surface area (Å²) in [4.78, 5) is 20.2. The van der Waals surface area contributed by atoms with Crippen molar-refractivity contribution in [1.29, 1.82) is 0 Å². The summed E-state index contributed by atoms with van der Waals surface area (Å²) in [6.45, 7) is 7.96. The normalized spacial score (nSPS) is 11.4. The van der Waals surface area contributed by atoms with Crippen LogP contribution in [0.15, 0.2) is 42.6 Å². The van der Waals surface area contributed by atoms with Crippen LogP contribution in [0.2, 0.25) is 0 Å². The van der Waals surface area contributed by atoms with Crippen molar-refractivity contribution >= 4 is 0 Å². The first-order valence-electron chi connectivity index (χ1n) is 9.28. The third kappa shape index (κ3) is 3.33. The standard InChI is InChI=1S/C22H22FN5/c1-12(2)22-27-20(21(28-22)18-7-5-6-13(3)25-18)15-8-9-17(23)16(10-15)19-11-24-14(4)26-19/h5-12H,1-4H3,(H,24,26)(H,27,28). The van der Waals surface area contributed by atoms with E-state index in [1.54, 1.807) is 18.3 Å². The Labute approximate surface area is 163 Å². The van der Waals surface area contributed by atoms with Gasteiger partial charge in [-0.15, -0.1) is 0 Å². The van der Waals surface area contributed by atoms with Crippen LogP contribution in [0.1, 0.15) is 37.1 Å². The Bertz CT molecular complexity index is 1140. The maximum Gasteiger partial charge on any atom is 0.132 e. The molecule has 28 heavy (non-hydrogen) atoms. The number of nitrogens with one attached hydrogen (secondary N) is 2. The lowest BCUT2D eigenvalue weighted by atomic mass is 10.0. The third-order valence-electron chi connectivity index (χ3n) is 4.64. The van der Waals surface area contributed by atoms with Crippen molar-refractivity contribution in [2.45, 2.75) is 33.6 Å². The fourth-order valence-corrected chi connectivity index (χ4v) is 3.17. The predicted octanol–water partition coefficient (Wildman–Crippen LogP) is 5.41. The molecule has 0 atom stereocenters. The van der Waals surface area contributed by atoms with Crippen LogP contribution in [0.25, 0.3) is 33.9 Å². The van der Waals surface area contributed by atoms with Crippen LogP contribution in [0.4, 0.5) is 4.39 Å². The number of benzene rings is 1. The Morgan fingerprint density at radius 1 is 0.964 bits per heavy atom. The van der Waals surface area contributed by atoms with E-state index in [-0.39, 0.29) is 11.7 Å². The lowest BCUT2D eigenvalue weighted by molar-refractivity contribution is 0.631. The third-order valence-corrected chi connectivity index (χ3v) is 4.64. The molecule has 5 nitrogen and oxygen atoms in total. The van der Waals surface area contributed by atoms with E-state index in [0.717, 1.165) is 40.0 Å². The van der Waals surface area contributed by atoms with E-state index in [1.807, 2.05) is 32.0 Å². The van der Waals surface area contributed by atoms with Crippen molar-refractivity contribution in [1.82, 2.24) is 24.9 Å². The molecule has 0 saturated carbocycles. The SMILES string of the molecule is Cc1cccc(-c2[nH]c(C(C)C)nc2-c2ccc(F)c(-c3c[nH]c(C)n3)c2)n1. The maximum absolute atomic E-state index is 14.5. The molecule has 1 aromatic carbocycles. The molecule has 6 heteroatoms.